The number of nitrogens with zero attached hydrogens (tertiary/aromatic N) is 1. The summed E-state index contributed by atoms with van der Waals surface area (Å²) in [6.45, 7) is 5.29. The normalized spacial score (nSPS) is 36.4. The topological polar surface area (TPSA) is 32.7 Å². The average Bonchev–Trinajstić information content (AvgIpc) is 2.56. The molecule has 1 N–H and O–H groups in total. The Balaban J connectivity index is 1.70. The van der Waals surface area contributed by atoms with E-state index in [4.69, 9.17) is 4.74 Å². The van der Waals surface area contributed by atoms with E-state index in [1.54, 1.807) is 0 Å². The first-order valence-electron chi connectivity index (χ1n) is 5.80. The third-order valence-electron chi connectivity index (χ3n) is 3.34. The molecule has 2 unspecified atom stereocenters. The van der Waals surface area contributed by atoms with Crippen LogP contribution in [0.15, 0.2) is 0 Å². The number of ether oxygens (including phenoxy) is 1. The zero-order valence-corrected chi connectivity index (χ0v) is 8.98. The highest BCUT2D eigenvalue weighted by atomic mass is 16.5. The Morgan fingerprint density at radius 2 is 1.93 bits per heavy atom. The molecule has 0 bridgehead atoms. The van der Waals surface area contributed by atoms with E-state index in [1.807, 2.05) is 0 Å². The van der Waals surface area contributed by atoms with Gasteiger partial charge in [0.05, 0.1) is 18.3 Å². The van der Waals surface area contributed by atoms with Crippen molar-refractivity contribution in [3.05, 3.63) is 0 Å². The van der Waals surface area contributed by atoms with Gasteiger partial charge in [0.1, 0.15) is 0 Å². The van der Waals surface area contributed by atoms with Gasteiger partial charge in [0.15, 0.2) is 0 Å². The first kappa shape index (κ1) is 10.4. The van der Waals surface area contributed by atoms with Crippen LogP contribution in [0.1, 0.15) is 32.6 Å². The number of rotatable bonds is 2. The van der Waals surface area contributed by atoms with Crippen LogP contribution in [-0.4, -0.2) is 48.0 Å². The van der Waals surface area contributed by atoms with E-state index >= 15 is 0 Å². The maximum absolute atomic E-state index is 9.37. The zero-order chi connectivity index (χ0) is 9.97. The quantitative estimate of drug-likeness (QED) is 0.720. The molecule has 0 spiro atoms. The molecule has 2 aliphatic rings. The van der Waals surface area contributed by atoms with Crippen molar-refractivity contribution in [1.82, 2.24) is 4.90 Å². The van der Waals surface area contributed by atoms with Crippen LogP contribution in [0, 0.1) is 0 Å². The summed E-state index contributed by atoms with van der Waals surface area (Å²) in [5.41, 5.74) is 0. The van der Waals surface area contributed by atoms with Crippen molar-refractivity contribution in [2.45, 2.75) is 50.9 Å². The Labute approximate surface area is 86.0 Å². The molecule has 0 aromatic rings. The third-order valence-corrected chi connectivity index (χ3v) is 3.34. The minimum Gasteiger partial charge on any atom is -0.393 e. The van der Waals surface area contributed by atoms with Crippen LogP contribution in [0.25, 0.3) is 0 Å². The van der Waals surface area contributed by atoms with E-state index < -0.39 is 0 Å². The number of hydrogen-bond acceptors (Lipinski definition) is 3. The largest absolute Gasteiger partial charge is 0.393 e. The first-order chi connectivity index (χ1) is 6.74. The number of piperidine rings is 1. The minimum absolute atomic E-state index is 0.0605. The van der Waals surface area contributed by atoms with Crippen LogP contribution in [0.5, 0.6) is 0 Å². The summed E-state index contributed by atoms with van der Waals surface area (Å²) < 4.78 is 5.79. The molecule has 2 rings (SSSR count). The van der Waals surface area contributed by atoms with Gasteiger partial charge in [-0.1, -0.05) is 0 Å². The predicted molar refractivity (Wildman–Crippen MR) is 55.2 cm³/mol. The van der Waals surface area contributed by atoms with Gasteiger partial charge >= 0.3 is 0 Å². The van der Waals surface area contributed by atoms with Crippen LogP contribution in [0.2, 0.25) is 0 Å². The number of hydrogen-bond donors (Lipinski definition) is 1. The molecule has 0 aromatic heterocycles. The Bertz CT molecular complexity index is 178. The molecule has 0 aromatic carbocycles. The third kappa shape index (κ3) is 2.69. The smallest absolute Gasteiger partial charge is 0.0706 e. The molecule has 82 valence electrons. The van der Waals surface area contributed by atoms with Crippen molar-refractivity contribution < 1.29 is 9.84 Å². The van der Waals surface area contributed by atoms with Crippen molar-refractivity contribution >= 4 is 0 Å². The summed E-state index contributed by atoms with van der Waals surface area (Å²) in [5.74, 6) is 0. The lowest BCUT2D eigenvalue weighted by Gasteiger charge is -2.31. The molecule has 0 radical (unpaired) electrons. The van der Waals surface area contributed by atoms with Gasteiger partial charge in [0.2, 0.25) is 0 Å². The standard InChI is InChI=1S/C11H21NO2/c1-9-2-3-11(14-9)8-12-6-4-10(13)5-7-12/h9-11,13H,2-8H2,1H3. The lowest BCUT2D eigenvalue weighted by Crippen LogP contribution is -2.40. The molecule has 0 amide bonds. The summed E-state index contributed by atoms with van der Waals surface area (Å²) in [4.78, 5) is 2.43. The summed E-state index contributed by atoms with van der Waals surface area (Å²) in [6.07, 6.45) is 5.12. The van der Waals surface area contributed by atoms with E-state index in [0.717, 1.165) is 32.5 Å². The van der Waals surface area contributed by atoms with E-state index in [1.165, 1.54) is 12.8 Å². The fourth-order valence-electron chi connectivity index (χ4n) is 2.41. The maximum atomic E-state index is 9.37. The molecular weight excluding hydrogens is 178 g/mol. The summed E-state index contributed by atoms with van der Waals surface area (Å²) >= 11 is 0. The van der Waals surface area contributed by atoms with E-state index in [2.05, 4.69) is 11.8 Å². The Hall–Kier alpha value is -0.120. The van der Waals surface area contributed by atoms with Crippen LogP contribution < -0.4 is 0 Å². The highest BCUT2D eigenvalue weighted by Crippen LogP contribution is 2.21. The zero-order valence-electron chi connectivity index (χ0n) is 8.98. The van der Waals surface area contributed by atoms with Gasteiger partial charge in [-0.25, -0.2) is 0 Å². The van der Waals surface area contributed by atoms with Gasteiger partial charge in [-0.15, -0.1) is 0 Å². The lowest BCUT2D eigenvalue weighted by atomic mass is 10.1. The van der Waals surface area contributed by atoms with E-state index in [-0.39, 0.29) is 6.10 Å². The second-order valence-corrected chi connectivity index (χ2v) is 4.68. The molecule has 0 aliphatic carbocycles. The number of aliphatic hydroxyl groups is 1. The molecule has 2 atom stereocenters. The van der Waals surface area contributed by atoms with Crippen molar-refractivity contribution in [3.8, 4) is 0 Å². The van der Waals surface area contributed by atoms with Gasteiger partial charge < -0.3 is 14.7 Å². The fourth-order valence-corrected chi connectivity index (χ4v) is 2.41. The minimum atomic E-state index is -0.0605. The molecule has 2 fully saturated rings. The molecule has 2 heterocycles. The SMILES string of the molecule is CC1CCC(CN2CCC(O)CC2)O1. The molecule has 2 saturated heterocycles. The molecule has 0 saturated carbocycles. The predicted octanol–water partition coefficient (Wildman–Crippen LogP) is 1.01. The molecule has 3 nitrogen and oxygen atoms in total. The van der Waals surface area contributed by atoms with Crippen molar-refractivity contribution in [2.75, 3.05) is 19.6 Å². The monoisotopic (exact) mass is 199 g/mol. The van der Waals surface area contributed by atoms with Crippen LogP contribution in [-0.2, 0) is 4.74 Å². The highest BCUT2D eigenvalue weighted by Gasteiger charge is 2.25. The van der Waals surface area contributed by atoms with Crippen molar-refractivity contribution in [3.63, 3.8) is 0 Å². The van der Waals surface area contributed by atoms with Gasteiger partial charge in [-0.3, -0.25) is 0 Å². The Morgan fingerprint density at radius 3 is 2.50 bits per heavy atom. The molecule has 2 aliphatic heterocycles. The van der Waals surface area contributed by atoms with Crippen molar-refractivity contribution in [1.29, 1.82) is 0 Å². The molecule has 14 heavy (non-hydrogen) atoms. The van der Waals surface area contributed by atoms with Crippen LogP contribution in [0.3, 0.4) is 0 Å². The van der Waals surface area contributed by atoms with Gasteiger partial charge in [-0.05, 0) is 32.6 Å². The summed E-state index contributed by atoms with van der Waals surface area (Å²) in [5, 5.41) is 9.37. The second-order valence-electron chi connectivity index (χ2n) is 4.68. The van der Waals surface area contributed by atoms with Gasteiger partial charge in [0, 0.05) is 19.6 Å². The molecular formula is C11H21NO2. The van der Waals surface area contributed by atoms with E-state index in [9.17, 15) is 5.11 Å². The average molecular weight is 199 g/mol. The van der Waals surface area contributed by atoms with Crippen molar-refractivity contribution in [2.24, 2.45) is 0 Å². The summed E-state index contributed by atoms with van der Waals surface area (Å²) in [6, 6.07) is 0. The first-order valence-corrected chi connectivity index (χ1v) is 5.80. The molecule has 3 heteroatoms. The van der Waals surface area contributed by atoms with Gasteiger partial charge in [0.25, 0.3) is 0 Å². The van der Waals surface area contributed by atoms with Crippen LogP contribution >= 0.6 is 0 Å². The maximum Gasteiger partial charge on any atom is 0.0706 e. The summed E-state index contributed by atoms with van der Waals surface area (Å²) in [7, 11) is 0. The Morgan fingerprint density at radius 1 is 1.21 bits per heavy atom. The number of likely N-dealkylation sites (tertiary alicyclic amines) is 1. The fraction of sp³-hybridized carbons (Fsp3) is 1.00. The lowest BCUT2D eigenvalue weighted by molar-refractivity contribution is 0.0130. The Kier molecular flexibility index (Phi) is 3.42. The van der Waals surface area contributed by atoms with E-state index in [0.29, 0.717) is 12.2 Å². The second kappa shape index (κ2) is 4.60. The number of aliphatic hydroxyl groups excluding tert-OH is 1. The van der Waals surface area contributed by atoms with Gasteiger partial charge in [-0.2, -0.15) is 0 Å². The highest BCUT2D eigenvalue weighted by molar-refractivity contribution is 4.77. The van der Waals surface area contributed by atoms with Crippen LogP contribution in [0.4, 0.5) is 0 Å².